The molecule has 2 aromatic carbocycles. The first kappa shape index (κ1) is 21.1. The third-order valence-corrected chi connectivity index (χ3v) is 5.23. The topological polar surface area (TPSA) is 36.0 Å². The van der Waals surface area contributed by atoms with Gasteiger partial charge in [-0.15, -0.1) is 0 Å². The van der Waals surface area contributed by atoms with Gasteiger partial charge in [0.2, 0.25) is 5.91 Å². The Morgan fingerprint density at radius 1 is 1.07 bits per heavy atom. The van der Waals surface area contributed by atoms with Gasteiger partial charge in [-0.1, -0.05) is 54.6 Å². The van der Waals surface area contributed by atoms with Gasteiger partial charge >= 0.3 is 0 Å². The molecule has 1 atom stereocenters. The lowest BCUT2D eigenvalue weighted by Crippen LogP contribution is -2.37. The van der Waals surface area contributed by atoms with E-state index < -0.39 is 0 Å². The van der Waals surface area contributed by atoms with E-state index in [1.165, 1.54) is 5.69 Å². The summed E-state index contributed by atoms with van der Waals surface area (Å²) in [6, 6.07) is 18.6. The number of carbonyl (C=O) groups excluding carboxylic acids is 1. The van der Waals surface area contributed by atoms with Crippen molar-refractivity contribution in [3.8, 4) is 0 Å². The number of carbonyl (C=O) groups is 1. The fraction of sp³-hybridized carbons (Fsp3) is 0.375. The van der Waals surface area contributed by atoms with Crippen molar-refractivity contribution in [1.82, 2.24) is 9.80 Å². The maximum Gasteiger partial charge on any atom is 0.237 e. The predicted molar refractivity (Wildman–Crippen MR) is 119 cm³/mol. The second kappa shape index (κ2) is 10.2. The Balaban J connectivity index is 1.60. The molecule has 0 saturated carbocycles. The van der Waals surface area contributed by atoms with Crippen molar-refractivity contribution in [3.05, 3.63) is 71.8 Å². The van der Waals surface area contributed by atoms with Crippen LogP contribution in [0.2, 0.25) is 0 Å². The highest BCUT2D eigenvalue weighted by atomic mass is 16.5. The molecule has 1 aliphatic rings. The van der Waals surface area contributed by atoms with E-state index in [1.54, 1.807) is 7.11 Å². The van der Waals surface area contributed by atoms with E-state index in [4.69, 9.17) is 4.74 Å². The lowest BCUT2D eigenvalue weighted by atomic mass is 10.2. The van der Waals surface area contributed by atoms with E-state index in [2.05, 4.69) is 58.4 Å². The number of ether oxygens (including phenoxy) is 1. The van der Waals surface area contributed by atoms with Crippen molar-refractivity contribution >= 4 is 17.7 Å². The summed E-state index contributed by atoms with van der Waals surface area (Å²) in [5.74, 6) is 0.150. The van der Waals surface area contributed by atoms with Gasteiger partial charge in [-0.25, -0.2) is 0 Å². The number of hydrogen-bond donors (Lipinski definition) is 0. The van der Waals surface area contributed by atoms with Crippen LogP contribution in [0.25, 0.3) is 6.08 Å². The van der Waals surface area contributed by atoms with Crippen LogP contribution in [0.4, 0.5) is 5.69 Å². The van der Waals surface area contributed by atoms with Gasteiger partial charge < -0.3 is 14.5 Å². The van der Waals surface area contributed by atoms with Crippen molar-refractivity contribution in [3.63, 3.8) is 0 Å². The van der Waals surface area contributed by atoms with Gasteiger partial charge in [-0.2, -0.15) is 0 Å². The fourth-order valence-corrected chi connectivity index (χ4v) is 3.52. The molecule has 1 unspecified atom stereocenters. The van der Waals surface area contributed by atoms with Crippen LogP contribution in [0.3, 0.4) is 0 Å². The zero-order chi connectivity index (χ0) is 20.6. The molecule has 1 fully saturated rings. The molecule has 1 heterocycles. The molecule has 1 amide bonds. The molecule has 2 aromatic rings. The van der Waals surface area contributed by atoms with E-state index in [0.717, 1.165) is 24.2 Å². The molecule has 29 heavy (non-hydrogen) atoms. The molecule has 0 bridgehead atoms. The fourth-order valence-electron chi connectivity index (χ4n) is 3.52. The minimum absolute atomic E-state index is 0.0120. The normalized spacial score (nSPS) is 18.2. The third kappa shape index (κ3) is 6.17. The predicted octanol–water partition coefficient (Wildman–Crippen LogP) is 3.13. The maximum absolute atomic E-state index is 12.8. The van der Waals surface area contributed by atoms with Crippen LogP contribution in [-0.2, 0) is 16.1 Å². The molecule has 5 heteroatoms. The average molecular weight is 394 g/mol. The number of hydrogen-bond acceptors (Lipinski definition) is 4. The number of rotatable bonds is 7. The highest BCUT2D eigenvalue weighted by molar-refractivity contribution is 5.78. The molecular weight excluding hydrogens is 362 g/mol. The minimum Gasteiger partial charge on any atom is -0.378 e. The second-order valence-corrected chi connectivity index (χ2v) is 7.70. The van der Waals surface area contributed by atoms with Crippen LogP contribution < -0.4 is 4.90 Å². The number of anilines is 1. The molecule has 1 aliphatic heterocycles. The lowest BCUT2D eigenvalue weighted by Gasteiger charge is -2.23. The SMILES string of the molecule is COC1CN(C/C=C/c2ccc(N(C)C)cc2)CC(=O)N(Cc2ccccc2)C1. The van der Waals surface area contributed by atoms with Crippen molar-refractivity contribution in [2.45, 2.75) is 12.6 Å². The van der Waals surface area contributed by atoms with E-state index >= 15 is 0 Å². The van der Waals surface area contributed by atoms with Gasteiger partial charge in [0.15, 0.2) is 0 Å². The quantitative estimate of drug-likeness (QED) is 0.724. The van der Waals surface area contributed by atoms with Crippen LogP contribution in [-0.4, -0.2) is 69.2 Å². The first-order valence-corrected chi connectivity index (χ1v) is 10.1. The van der Waals surface area contributed by atoms with Gasteiger partial charge in [-0.3, -0.25) is 9.69 Å². The Kier molecular flexibility index (Phi) is 7.44. The van der Waals surface area contributed by atoms with Gasteiger partial charge in [-0.05, 0) is 23.3 Å². The zero-order valence-corrected chi connectivity index (χ0v) is 17.6. The third-order valence-electron chi connectivity index (χ3n) is 5.23. The molecule has 0 N–H and O–H groups in total. The van der Waals surface area contributed by atoms with Gasteiger partial charge in [0, 0.05) is 53.1 Å². The summed E-state index contributed by atoms with van der Waals surface area (Å²) in [4.78, 5) is 19.0. The molecule has 0 aromatic heterocycles. The zero-order valence-electron chi connectivity index (χ0n) is 17.6. The molecule has 154 valence electrons. The summed E-state index contributed by atoms with van der Waals surface area (Å²) in [7, 11) is 5.80. The van der Waals surface area contributed by atoms with E-state index in [1.807, 2.05) is 37.2 Å². The Morgan fingerprint density at radius 2 is 1.79 bits per heavy atom. The summed E-state index contributed by atoms with van der Waals surface area (Å²) < 4.78 is 5.65. The van der Waals surface area contributed by atoms with Gasteiger partial charge in [0.25, 0.3) is 0 Å². The lowest BCUT2D eigenvalue weighted by molar-refractivity contribution is -0.132. The molecule has 1 saturated heterocycles. The molecule has 5 nitrogen and oxygen atoms in total. The van der Waals surface area contributed by atoms with E-state index in [9.17, 15) is 4.79 Å². The molecule has 0 radical (unpaired) electrons. The second-order valence-electron chi connectivity index (χ2n) is 7.70. The summed E-state index contributed by atoms with van der Waals surface area (Å²) in [5, 5.41) is 0. The molecule has 0 aliphatic carbocycles. The summed E-state index contributed by atoms with van der Waals surface area (Å²) >= 11 is 0. The first-order valence-electron chi connectivity index (χ1n) is 10.1. The van der Waals surface area contributed by atoms with E-state index in [-0.39, 0.29) is 12.0 Å². The van der Waals surface area contributed by atoms with Crippen LogP contribution in [0.15, 0.2) is 60.7 Å². The highest BCUT2D eigenvalue weighted by Gasteiger charge is 2.27. The summed E-state index contributed by atoms with van der Waals surface area (Å²) in [5.41, 5.74) is 3.48. The average Bonchev–Trinajstić information content (AvgIpc) is 2.87. The Bertz CT molecular complexity index is 803. The van der Waals surface area contributed by atoms with Crippen LogP contribution in [0.5, 0.6) is 0 Å². The largest absolute Gasteiger partial charge is 0.378 e. The van der Waals surface area contributed by atoms with E-state index in [0.29, 0.717) is 19.6 Å². The van der Waals surface area contributed by atoms with Gasteiger partial charge in [0.05, 0.1) is 12.6 Å². The van der Waals surface area contributed by atoms with Crippen LogP contribution in [0, 0.1) is 0 Å². The van der Waals surface area contributed by atoms with Crippen molar-refractivity contribution in [2.24, 2.45) is 0 Å². The number of benzene rings is 2. The standard InChI is InChI=1S/C24H31N3O2/c1-25(2)22-13-11-20(12-14-22)10-7-15-26-17-23(29-3)18-27(24(28)19-26)16-21-8-5-4-6-9-21/h4-14,23H,15-19H2,1-3H3/b10-7+. The van der Waals surface area contributed by atoms with Crippen molar-refractivity contribution in [2.75, 3.05) is 52.3 Å². The van der Waals surface area contributed by atoms with Crippen molar-refractivity contribution < 1.29 is 9.53 Å². The molecule has 3 rings (SSSR count). The number of nitrogens with zero attached hydrogens (tertiary/aromatic N) is 3. The Hall–Kier alpha value is -2.63. The highest BCUT2D eigenvalue weighted by Crippen LogP contribution is 2.14. The smallest absolute Gasteiger partial charge is 0.237 e. The van der Waals surface area contributed by atoms with Gasteiger partial charge in [0.1, 0.15) is 0 Å². The number of methoxy groups -OCH3 is 1. The summed E-state index contributed by atoms with van der Waals surface area (Å²) in [6.45, 7) is 3.13. The monoisotopic (exact) mass is 393 g/mol. The Morgan fingerprint density at radius 3 is 2.45 bits per heavy atom. The Labute approximate surface area is 174 Å². The maximum atomic E-state index is 12.8. The van der Waals surface area contributed by atoms with Crippen LogP contribution in [0.1, 0.15) is 11.1 Å². The molecule has 0 spiro atoms. The minimum atomic E-state index is 0.0120. The number of amides is 1. The molecular formula is C24H31N3O2. The summed E-state index contributed by atoms with van der Waals surface area (Å²) in [6.07, 6.45) is 4.24. The first-order chi connectivity index (χ1) is 14.0. The van der Waals surface area contributed by atoms with Crippen molar-refractivity contribution in [1.29, 1.82) is 0 Å². The van der Waals surface area contributed by atoms with Crippen LogP contribution >= 0.6 is 0 Å².